The van der Waals surface area contributed by atoms with Gasteiger partial charge in [0.2, 0.25) is 12.4 Å². The highest BCUT2D eigenvalue weighted by molar-refractivity contribution is 6.35. The quantitative estimate of drug-likeness (QED) is 0.0574. The first-order valence-electron chi connectivity index (χ1n) is 19.3. The molecule has 16 heteroatoms. The molecule has 3 aromatic carbocycles. The lowest BCUT2D eigenvalue weighted by Gasteiger charge is -2.44. The molecule has 0 radical (unpaired) electrons. The van der Waals surface area contributed by atoms with Crippen LogP contribution in [0.15, 0.2) is 85.2 Å². The van der Waals surface area contributed by atoms with Crippen molar-refractivity contribution < 1.29 is 57.2 Å². The van der Waals surface area contributed by atoms with Gasteiger partial charge in [0.25, 0.3) is 0 Å². The van der Waals surface area contributed by atoms with Gasteiger partial charge in [-0.3, -0.25) is 20.2 Å². The van der Waals surface area contributed by atoms with E-state index >= 15 is 0 Å². The normalized spacial score (nSPS) is 19.2. The minimum Gasteiger partial charge on any atom is -0.554 e. The van der Waals surface area contributed by atoms with E-state index in [0.717, 1.165) is 61.2 Å². The van der Waals surface area contributed by atoms with Crippen LogP contribution in [0.4, 0.5) is 8.78 Å². The molecule has 59 heavy (non-hydrogen) atoms. The fraction of sp³-hybridized carbons (Fsp3) is 0.395. The molecule has 314 valence electrons. The standard InChI is InChI=1S/C42H44Cl2F2N3O7.CH2O2/c43-33-22-49(52)23-34(44)32(33)20-36(31-11-12-35(56-42(45)46)37(19-31)53-25-26-9-10-26)54-39(50)18-27-5-4-6-28(17-27)21-47-40(30-7-2-1-3-8-30)41(51)55-38-24-48-15-13-29(38)14-16-48;2-1-3/h1-8,11-12,17,19,22-23,26,29,36,38,40,42,47,52H,9-10,13-16,18,20-21,24-25H2;1H,(H,2,3)/q+1;/p-1/t36-,38-,40?;/m0./s1. The van der Waals surface area contributed by atoms with Crippen LogP contribution in [0.2, 0.25) is 10.0 Å². The number of piperidine rings is 3. The number of carboxylic acid groups (broad SMARTS) is 1. The Labute approximate surface area is 350 Å². The Kier molecular flexibility index (Phi) is 15.3. The molecule has 3 aliphatic heterocycles. The molecule has 4 aromatic rings. The molecule has 1 saturated carbocycles. The molecule has 12 nitrogen and oxygen atoms in total. The summed E-state index contributed by atoms with van der Waals surface area (Å²) in [5, 5.41) is 21.8. The summed E-state index contributed by atoms with van der Waals surface area (Å²) in [4.78, 5) is 37.9. The molecular weight excluding hydrogens is 811 g/mol. The first-order chi connectivity index (χ1) is 28.5. The van der Waals surface area contributed by atoms with E-state index in [1.807, 2.05) is 48.5 Å². The molecule has 4 aliphatic rings. The molecule has 3 saturated heterocycles. The van der Waals surface area contributed by atoms with Crippen LogP contribution in [0.5, 0.6) is 11.5 Å². The Hall–Kier alpha value is -5.02. The number of alkyl halides is 2. The van der Waals surface area contributed by atoms with Gasteiger partial charge in [-0.2, -0.15) is 8.78 Å². The van der Waals surface area contributed by atoms with Crippen LogP contribution in [-0.2, 0) is 43.2 Å². The fourth-order valence-corrected chi connectivity index (χ4v) is 7.96. The number of pyridine rings is 1. The van der Waals surface area contributed by atoms with E-state index in [1.165, 1.54) is 30.6 Å². The fourth-order valence-electron chi connectivity index (χ4n) is 7.35. The maximum atomic E-state index is 13.7. The van der Waals surface area contributed by atoms with Crippen molar-refractivity contribution in [1.29, 1.82) is 0 Å². The summed E-state index contributed by atoms with van der Waals surface area (Å²) < 4.78 is 50.1. The predicted octanol–water partition coefficient (Wildman–Crippen LogP) is 5.81. The highest BCUT2D eigenvalue weighted by atomic mass is 35.5. The second kappa shape index (κ2) is 20.8. The minimum atomic E-state index is -3.07. The van der Waals surface area contributed by atoms with E-state index < -0.39 is 31.2 Å². The van der Waals surface area contributed by atoms with E-state index in [9.17, 15) is 23.6 Å². The second-order valence-corrected chi connectivity index (χ2v) is 15.6. The Morgan fingerprint density at radius 3 is 2.27 bits per heavy atom. The van der Waals surface area contributed by atoms with Gasteiger partial charge in [0.05, 0.1) is 13.0 Å². The van der Waals surface area contributed by atoms with Crippen LogP contribution in [0, 0.1) is 11.8 Å². The number of rotatable bonds is 17. The van der Waals surface area contributed by atoms with Gasteiger partial charge in [-0.1, -0.05) is 83.9 Å². The van der Waals surface area contributed by atoms with Crippen LogP contribution in [0.3, 0.4) is 0 Å². The van der Waals surface area contributed by atoms with Crippen molar-refractivity contribution in [2.45, 2.75) is 69.9 Å². The van der Waals surface area contributed by atoms with Gasteiger partial charge in [0, 0.05) is 36.3 Å². The van der Waals surface area contributed by atoms with E-state index in [2.05, 4.69) is 10.2 Å². The molecule has 1 aromatic heterocycles. The van der Waals surface area contributed by atoms with Gasteiger partial charge in [0.1, 0.15) is 28.3 Å². The Morgan fingerprint density at radius 2 is 1.63 bits per heavy atom. The molecule has 0 spiro atoms. The van der Waals surface area contributed by atoms with Crippen molar-refractivity contribution in [2.24, 2.45) is 11.8 Å². The topological polar surface area (TPSA) is 151 Å². The summed E-state index contributed by atoms with van der Waals surface area (Å²) >= 11 is 12.9. The van der Waals surface area contributed by atoms with Crippen LogP contribution < -0.4 is 24.6 Å². The monoisotopic (exact) mass is 855 g/mol. The lowest BCUT2D eigenvalue weighted by atomic mass is 9.86. The smallest absolute Gasteiger partial charge is 0.387 e. The lowest BCUT2D eigenvalue weighted by Crippen LogP contribution is -2.52. The molecule has 2 bridgehead atoms. The molecule has 0 amide bonds. The molecule has 8 rings (SSSR count). The SMILES string of the molecule is O=C(Cc1cccc(CNC(C(=O)O[C@H]2CN3CCC2CC3)c2ccccc2)c1)O[C@@H](Cc1c(Cl)c[n+](O)cc1Cl)c1ccc(OC(F)F)c(OCC2CC2)c1.O=C[O-]. The molecule has 4 heterocycles. The lowest BCUT2D eigenvalue weighted by molar-refractivity contribution is -0.904. The molecule has 4 fully saturated rings. The first-order valence-corrected chi connectivity index (χ1v) is 20.1. The largest absolute Gasteiger partial charge is 0.554 e. The third-order valence-corrected chi connectivity index (χ3v) is 11.2. The zero-order valence-electron chi connectivity index (χ0n) is 32.0. The van der Waals surface area contributed by atoms with E-state index in [-0.39, 0.29) is 46.5 Å². The number of nitrogens with one attached hydrogen (secondary N) is 1. The molecule has 1 aliphatic carbocycles. The van der Waals surface area contributed by atoms with Gasteiger partial charge in [-0.05, 0) is 85.0 Å². The first kappa shape index (κ1) is 43.6. The minimum absolute atomic E-state index is 0.00192. The number of fused-ring (bicyclic) bond motifs is 3. The number of ether oxygens (including phenoxy) is 4. The maximum Gasteiger partial charge on any atom is 0.387 e. The number of esters is 2. The molecular formula is C43H45Cl2F2N3O9. The zero-order chi connectivity index (χ0) is 41.9. The third-order valence-electron chi connectivity index (χ3n) is 10.5. The van der Waals surface area contributed by atoms with Crippen LogP contribution in [-0.4, -0.2) is 67.5 Å². The number of nitrogens with zero attached hydrogens (tertiary/aromatic N) is 2. The van der Waals surface area contributed by atoms with Crippen molar-refractivity contribution >= 4 is 41.6 Å². The van der Waals surface area contributed by atoms with Crippen LogP contribution >= 0.6 is 23.2 Å². The summed E-state index contributed by atoms with van der Waals surface area (Å²) in [7, 11) is 0. The number of halogens is 4. The highest BCUT2D eigenvalue weighted by Crippen LogP contribution is 2.38. The Bertz CT molecular complexity index is 2030. The van der Waals surface area contributed by atoms with Crippen molar-refractivity contribution in [2.75, 3.05) is 26.2 Å². The van der Waals surface area contributed by atoms with Crippen molar-refractivity contribution in [1.82, 2.24) is 10.2 Å². The van der Waals surface area contributed by atoms with Gasteiger partial charge in [0.15, 0.2) is 11.5 Å². The van der Waals surface area contributed by atoms with Gasteiger partial charge in [-0.15, -0.1) is 0 Å². The maximum absolute atomic E-state index is 13.7. The number of hydrogen-bond acceptors (Lipinski definition) is 11. The Morgan fingerprint density at radius 1 is 0.932 bits per heavy atom. The summed E-state index contributed by atoms with van der Waals surface area (Å²) in [6.07, 6.45) is 5.35. The van der Waals surface area contributed by atoms with Crippen molar-refractivity contribution in [3.63, 3.8) is 0 Å². The number of carbonyl (C=O) groups excluding carboxylic acids is 3. The van der Waals surface area contributed by atoms with E-state index in [0.29, 0.717) is 41.7 Å². The summed E-state index contributed by atoms with van der Waals surface area (Å²) in [5.74, 6) is -0.223. The van der Waals surface area contributed by atoms with Gasteiger partial charge >= 0.3 is 18.6 Å². The number of hydrogen-bond donors (Lipinski definition) is 2. The van der Waals surface area contributed by atoms with Gasteiger partial charge < -0.3 is 28.8 Å². The van der Waals surface area contributed by atoms with Crippen molar-refractivity contribution in [3.05, 3.63) is 123 Å². The number of benzene rings is 3. The van der Waals surface area contributed by atoms with Crippen molar-refractivity contribution in [3.8, 4) is 11.5 Å². The summed E-state index contributed by atoms with van der Waals surface area (Å²) in [5.41, 5.74) is 3.15. The second-order valence-electron chi connectivity index (χ2n) is 14.8. The Balaban J connectivity index is 0.00000189. The van der Waals surface area contributed by atoms with E-state index in [1.54, 1.807) is 6.07 Å². The number of aromatic nitrogens is 1. The van der Waals surface area contributed by atoms with E-state index in [4.69, 9.17) is 52.1 Å². The van der Waals surface area contributed by atoms with Gasteiger partial charge in [-0.25, -0.2) is 4.79 Å². The molecule has 1 unspecified atom stereocenters. The number of carbonyl (C=O) groups is 3. The van der Waals surface area contributed by atoms with Crippen LogP contribution in [0.25, 0.3) is 0 Å². The molecule has 2 N–H and O–H groups in total. The predicted molar refractivity (Wildman–Crippen MR) is 209 cm³/mol. The summed E-state index contributed by atoms with van der Waals surface area (Å²) in [6, 6.07) is 20.6. The zero-order valence-corrected chi connectivity index (χ0v) is 33.5. The highest BCUT2D eigenvalue weighted by Gasteiger charge is 2.38. The van der Waals surface area contributed by atoms with Crippen LogP contribution in [0.1, 0.15) is 65.6 Å². The summed E-state index contributed by atoms with van der Waals surface area (Å²) in [6.45, 7) is -0.0491. The average Bonchev–Trinajstić information content (AvgIpc) is 4.04. The third kappa shape index (κ3) is 12.5. The average molecular weight is 857 g/mol. The molecule has 3 atom stereocenters.